The van der Waals surface area contributed by atoms with Crippen molar-refractivity contribution in [1.82, 2.24) is 9.78 Å². The number of nitrogens with one attached hydrogen (secondary N) is 1. The Morgan fingerprint density at radius 2 is 1.76 bits per heavy atom. The van der Waals surface area contributed by atoms with Crippen molar-refractivity contribution in [2.75, 3.05) is 5.32 Å². The van der Waals surface area contributed by atoms with Crippen molar-refractivity contribution in [2.24, 2.45) is 0 Å². The van der Waals surface area contributed by atoms with Crippen molar-refractivity contribution in [3.8, 4) is 0 Å². The summed E-state index contributed by atoms with van der Waals surface area (Å²) in [6.45, 7) is 3.85. The van der Waals surface area contributed by atoms with Crippen LogP contribution in [0.4, 0.5) is 14.5 Å². The molecule has 0 spiro atoms. The summed E-state index contributed by atoms with van der Waals surface area (Å²) in [7, 11) is 0. The average Bonchev–Trinajstić information content (AvgIpc) is 2.85. The molecule has 0 bridgehead atoms. The third-order valence-corrected chi connectivity index (χ3v) is 4.00. The zero-order valence-corrected chi connectivity index (χ0v) is 13.9. The molecule has 0 aliphatic carbocycles. The van der Waals surface area contributed by atoms with Gasteiger partial charge in [-0.3, -0.25) is 9.48 Å². The Balaban J connectivity index is 1.83. The van der Waals surface area contributed by atoms with Gasteiger partial charge in [-0.25, -0.2) is 8.78 Å². The average molecular weight is 341 g/mol. The lowest BCUT2D eigenvalue weighted by Crippen LogP contribution is -2.13. The molecule has 0 aliphatic rings. The Kier molecular flexibility index (Phi) is 4.61. The lowest BCUT2D eigenvalue weighted by atomic mass is 10.2. The molecule has 0 radical (unpaired) electrons. The van der Waals surface area contributed by atoms with E-state index in [9.17, 15) is 13.6 Å². The summed E-state index contributed by atoms with van der Waals surface area (Å²) in [5, 5.41) is 7.18. The van der Waals surface area contributed by atoms with Crippen molar-refractivity contribution < 1.29 is 13.6 Å². The lowest BCUT2D eigenvalue weighted by Gasteiger charge is -2.08. The molecule has 0 saturated heterocycles. The van der Waals surface area contributed by atoms with Crippen LogP contribution in [0.25, 0.3) is 0 Å². The number of hydrogen-bond donors (Lipinski definition) is 1. The zero-order valence-electron chi connectivity index (χ0n) is 13.9. The summed E-state index contributed by atoms with van der Waals surface area (Å²) in [6, 6.07) is 11.8. The van der Waals surface area contributed by atoms with Gasteiger partial charge in [0.1, 0.15) is 11.6 Å². The minimum Gasteiger partial charge on any atom is -0.319 e. The zero-order chi connectivity index (χ0) is 18.0. The number of aromatic nitrogens is 2. The van der Waals surface area contributed by atoms with Crippen LogP contribution in [0.2, 0.25) is 0 Å². The van der Waals surface area contributed by atoms with Gasteiger partial charge in [-0.15, -0.1) is 0 Å². The molecule has 6 heteroatoms. The molecule has 128 valence electrons. The minimum atomic E-state index is -0.401. The van der Waals surface area contributed by atoms with E-state index in [-0.39, 0.29) is 18.3 Å². The molecular weight excluding hydrogens is 324 g/mol. The van der Waals surface area contributed by atoms with Gasteiger partial charge >= 0.3 is 0 Å². The second-order valence-corrected chi connectivity index (χ2v) is 5.76. The summed E-state index contributed by atoms with van der Waals surface area (Å²) < 4.78 is 28.5. The van der Waals surface area contributed by atoms with Crippen molar-refractivity contribution in [1.29, 1.82) is 0 Å². The summed E-state index contributed by atoms with van der Waals surface area (Å²) >= 11 is 0. The molecule has 3 aromatic rings. The highest BCUT2D eigenvalue weighted by Crippen LogP contribution is 2.22. The predicted molar refractivity (Wildman–Crippen MR) is 91.6 cm³/mol. The molecule has 1 aromatic heterocycles. The van der Waals surface area contributed by atoms with E-state index in [1.165, 1.54) is 30.3 Å². The smallest absolute Gasteiger partial charge is 0.255 e. The van der Waals surface area contributed by atoms with Crippen LogP contribution in [0.5, 0.6) is 0 Å². The number of rotatable bonds is 4. The van der Waals surface area contributed by atoms with Crippen LogP contribution < -0.4 is 5.32 Å². The second kappa shape index (κ2) is 6.84. The highest BCUT2D eigenvalue weighted by molar-refractivity contribution is 6.04. The van der Waals surface area contributed by atoms with Gasteiger partial charge < -0.3 is 5.32 Å². The van der Waals surface area contributed by atoms with Gasteiger partial charge in [-0.05, 0) is 44.2 Å². The first-order chi connectivity index (χ1) is 12.0. The number of nitrogens with zero attached hydrogens (tertiary/aromatic N) is 2. The van der Waals surface area contributed by atoms with Crippen molar-refractivity contribution in [2.45, 2.75) is 20.4 Å². The Bertz CT molecular complexity index is 917. The van der Waals surface area contributed by atoms with Gasteiger partial charge in [0, 0.05) is 11.1 Å². The van der Waals surface area contributed by atoms with Crippen molar-refractivity contribution >= 4 is 11.6 Å². The molecule has 1 heterocycles. The van der Waals surface area contributed by atoms with Crippen molar-refractivity contribution in [3.63, 3.8) is 0 Å². The van der Waals surface area contributed by atoms with E-state index < -0.39 is 5.82 Å². The number of amides is 1. The quantitative estimate of drug-likeness (QED) is 0.777. The maximum absolute atomic E-state index is 13.8. The summed E-state index contributed by atoms with van der Waals surface area (Å²) in [6.07, 6.45) is 0. The van der Waals surface area contributed by atoms with E-state index in [4.69, 9.17) is 0 Å². The summed E-state index contributed by atoms with van der Waals surface area (Å²) in [4.78, 5) is 12.3. The molecule has 2 aromatic carbocycles. The second-order valence-electron chi connectivity index (χ2n) is 5.76. The highest BCUT2D eigenvalue weighted by atomic mass is 19.1. The van der Waals surface area contributed by atoms with Crippen LogP contribution >= 0.6 is 0 Å². The summed E-state index contributed by atoms with van der Waals surface area (Å²) in [5.41, 5.74) is 2.79. The standard InChI is InChI=1S/C19H17F2N3O/c1-12-18(22-19(25)14-7-9-16(20)10-8-14)13(2)24(23-12)11-15-5-3-4-6-17(15)21/h3-10H,11H2,1-2H3,(H,22,25). The van der Waals surface area contributed by atoms with E-state index in [0.717, 1.165) is 5.69 Å². The molecule has 0 aliphatic heterocycles. The number of aryl methyl sites for hydroxylation is 1. The number of anilines is 1. The van der Waals surface area contributed by atoms with Gasteiger partial charge in [0.15, 0.2) is 0 Å². The largest absolute Gasteiger partial charge is 0.319 e. The maximum Gasteiger partial charge on any atom is 0.255 e. The fourth-order valence-electron chi connectivity index (χ4n) is 2.61. The first-order valence-electron chi connectivity index (χ1n) is 7.80. The van der Waals surface area contributed by atoms with Gasteiger partial charge in [0.25, 0.3) is 5.91 Å². The van der Waals surface area contributed by atoms with E-state index in [2.05, 4.69) is 10.4 Å². The third kappa shape index (κ3) is 3.57. The third-order valence-electron chi connectivity index (χ3n) is 4.00. The monoisotopic (exact) mass is 341 g/mol. The first-order valence-corrected chi connectivity index (χ1v) is 7.80. The maximum atomic E-state index is 13.8. The topological polar surface area (TPSA) is 46.9 Å². The molecule has 0 atom stereocenters. The number of carbonyl (C=O) groups is 1. The van der Waals surface area contributed by atoms with Gasteiger partial charge in [0.2, 0.25) is 0 Å². The number of carbonyl (C=O) groups excluding carboxylic acids is 1. The molecule has 0 unspecified atom stereocenters. The van der Waals surface area contributed by atoms with Crippen LogP contribution in [0.3, 0.4) is 0 Å². The number of benzene rings is 2. The van der Waals surface area contributed by atoms with Crippen LogP contribution in [-0.2, 0) is 6.54 Å². The number of hydrogen-bond acceptors (Lipinski definition) is 2. The predicted octanol–water partition coefficient (Wildman–Crippen LogP) is 4.08. The molecule has 4 nitrogen and oxygen atoms in total. The SMILES string of the molecule is Cc1nn(Cc2ccccc2F)c(C)c1NC(=O)c1ccc(F)cc1. The fourth-order valence-corrected chi connectivity index (χ4v) is 2.61. The van der Waals surface area contributed by atoms with E-state index in [1.54, 1.807) is 36.7 Å². The molecule has 1 N–H and O–H groups in total. The Morgan fingerprint density at radius 1 is 1.08 bits per heavy atom. The van der Waals surface area contributed by atoms with E-state index in [0.29, 0.717) is 22.5 Å². The van der Waals surface area contributed by atoms with Gasteiger partial charge in [-0.2, -0.15) is 5.10 Å². The van der Waals surface area contributed by atoms with E-state index in [1.807, 2.05) is 0 Å². The van der Waals surface area contributed by atoms with Crippen LogP contribution in [0.15, 0.2) is 48.5 Å². The van der Waals surface area contributed by atoms with Crippen LogP contribution in [-0.4, -0.2) is 15.7 Å². The van der Waals surface area contributed by atoms with Gasteiger partial charge in [0.05, 0.1) is 23.6 Å². The van der Waals surface area contributed by atoms with Gasteiger partial charge in [-0.1, -0.05) is 18.2 Å². The van der Waals surface area contributed by atoms with Crippen LogP contribution in [0.1, 0.15) is 27.3 Å². The Labute approximate surface area is 144 Å². The lowest BCUT2D eigenvalue weighted by molar-refractivity contribution is 0.102. The molecule has 0 fully saturated rings. The minimum absolute atomic E-state index is 0.270. The summed E-state index contributed by atoms with van der Waals surface area (Å²) in [5.74, 6) is -1.05. The first kappa shape index (κ1) is 16.8. The van der Waals surface area contributed by atoms with E-state index >= 15 is 0 Å². The fraction of sp³-hybridized carbons (Fsp3) is 0.158. The highest BCUT2D eigenvalue weighted by Gasteiger charge is 2.16. The molecular formula is C19H17F2N3O. The molecule has 25 heavy (non-hydrogen) atoms. The molecule has 1 amide bonds. The van der Waals surface area contributed by atoms with Crippen molar-refractivity contribution in [3.05, 3.63) is 82.7 Å². The molecule has 3 rings (SSSR count). The normalized spacial score (nSPS) is 10.7. The Hall–Kier alpha value is -3.02. The molecule has 0 saturated carbocycles. The number of halogens is 2. The Morgan fingerprint density at radius 3 is 2.44 bits per heavy atom. The van der Waals surface area contributed by atoms with Crippen LogP contribution in [0, 0.1) is 25.5 Å².